The highest BCUT2D eigenvalue weighted by Gasteiger charge is 2.40. The van der Waals surface area contributed by atoms with Gasteiger partial charge in [0.2, 0.25) is 10.0 Å². The Labute approximate surface area is 143 Å². The lowest BCUT2D eigenvalue weighted by Crippen LogP contribution is -2.58. The summed E-state index contributed by atoms with van der Waals surface area (Å²) in [6.45, 7) is 2.91. The number of nitrogens with one attached hydrogen (secondary N) is 2. The minimum Gasteiger partial charge on any atom is -0.352 e. The highest BCUT2D eigenvalue weighted by molar-refractivity contribution is 7.89. The van der Waals surface area contributed by atoms with Crippen molar-refractivity contribution in [2.45, 2.75) is 49.5 Å². The van der Waals surface area contributed by atoms with E-state index in [2.05, 4.69) is 17.0 Å². The molecular weight excluding hydrogens is 326 g/mol. The van der Waals surface area contributed by atoms with Crippen LogP contribution in [0.5, 0.6) is 0 Å². The largest absolute Gasteiger partial charge is 0.352 e. The Hall–Kier alpha value is -1.44. The van der Waals surface area contributed by atoms with Crippen LogP contribution in [0.1, 0.15) is 48.5 Å². The number of rotatable bonds is 4. The maximum atomic E-state index is 12.9. The smallest absolute Gasteiger partial charge is 0.251 e. The number of amides is 1. The van der Waals surface area contributed by atoms with Crippen LogP contribution in [0.15, 0.2) is 23.1 Å². The van der Waals surface area contributed by atoms with Crippen LogP contribution in [0.25, 0.3) is 0 Å². The minimum absolute atomic E-state index is 0.129. The summed E-state index contributed by atoms with van der Waals surface area (Å²) in [6, 6.07) is 4.80. The number of sulfonamides is 1. The van der Waals surface area contributed by atoms with Crippen LogP contribution in [0.2, 0.25) is 0 Å². The van der Waals surface area contributed by atoms with E-state index in [-0.39, 0.29) is 23.3 Å². The molecule has 1 heterocycles. The van der Waals surface area contributed by atoms with Gasteiger partial charge < -0.3 is 11.1 Å². The van der Waals surface area contributed by atoms with Gasteiger partial charge in [0.25, 0.3) is 5.91 Å². The number of hydrogen-bond acceptors (Lipinski definition) is 4. The predicted molar refractivity (Wildman–Crippen MR) is 92.2 cm³/mol. The molecule has 0 saturated heterocycles. The van der Waals surface area contributed by atoms with Crippen molar-refractivity contribution in [2.24, 2.45) is 11.7 Å². The summed E-state index contributed by atoms with van der Waals surface area (Å²) in [6.07, 6.45) is 4.50. The number of fused-ring (bicyclic) bond motifs is 1. The van der Waals surface area contributed by atoms with Gasteiger partial charge in [-0.15, -0.1) is 0 Å². The van der Waals surface area contributed by atoms with Crippen molar-refractivity contribution in [3.8, 4) is 0 Å². The molecule has 0 bridgehead atoms. The van der Waals surface area contributed by atoms with E-state index < -0.39 is 15.6 Å². The fourth-order valence-electron chi connectivity index (χ4n) is 3.79. The predicted octanol–water partition coefficient (Wildman–Crippen LogP) is 1.16. The van der Waals surface area contributed by atoms with Gasteiger partial charge in [-0.05, 0) is 42.9 Å². The van der Waals surface area contributed by atoms with Crippen LogP contribution in [0, 0.1) is 5.92 Å². The summed E-state index contributed by atoms with van der Waals surface area (Å²) < 4.78 is 28.7. The fraction of sp³-hybridized carbons (Fsp3) is 0.588. The lowest BCUT2D eigenvalue weighted by Gasteiger charge is -2.42. The zero-order valence-electron chi connectivity index (χ0n) is 14.0. The number of carbonyl (C=O) groups is 1. The van der Waals surface area contributed by atoms with Gasteiger partial charge in [-0.25, -0.2) is 13.1 Å². The van der Waals surface area contributed by atoms with Crippen molar-refractivity contribution in [2.75, 3.05) is 13.1 Å². The van der Waals surface area contributed by atoms with Gasteiger partial charge >= 0.3 is 0 Å². The Bertz CT molecular complexity index is 747. The van der Waals surface area contributed by atoms with Crippen molar-refractivity contribution in [3.05, 3.63) is 29.3 Å². The van der Waals surface area contributed by atoms with Crippen LogP contribution < -0.4 is 15.8 Å². The molecule has 2 unspecified atom stereocenters. The number of carbonyl (C=O) groups excluding carboxylic acids is 1. The highest BCUT2D eigenvalue weighted by atomic mass is 32.2. The molecule has 132 valence electrons. The first-order valence-electron chi connectivity index (χ1n) is 8.53. The van der Waals surface area contributed by atoms with E-state index in [0.29, 0.717) is 12.1 Å². The van der Waals surface area contributed by atoms with Crippen LogP contribution in [0.4, 0.5) is 0 Å². The summed E-state index contributed by atoms with van der Waals surface area (Å²) in [7, 11) is -3.73. The molecule has 1 aliphatic carbocycles. The summed E-state index contributed by atoms with van der Waals surface area (Å²) in [5.41, 5.74) is 6.69. The van der Waals surface area contributed by atoms with Gasteiger partial charge in [-0.3, -0.25) is 4.79 Å². The minimum atomic E-state index is -3.73. The average molecular weight is 351 g/mol. The molecule has 0 spiro atoms. The Balaban J connectivity index is 1.93. The van der Waals surface area contributed by atoms with E-state index in [1.54, 1.807) is 12.1 Å². The van der Waals surface area contributed by atoms with E-state index in [0.717, 1.165) is 37.7 Å². The second kappa shape index (κ2) is 6.46. The average Bonchev–Trinajstić information content (AvgIpc) is 2.57. The number of hydrogen-bond donors (Lipinski definition) is 3. The molecule has 2 aliphatic rings. The molecule has 1 aromatic carbocycles. The highest BCUT2D eigenvalue weighted by Crippen LogP contribution is 2.34. The summed E-state index contributed by atoms with van der Waals surface area (Å²) in [4.78, 5) is 12.1. The van der Waals surface area contributed by atoms with Gasteiger partial charge in [-0.1, -0.05) is 25.8 Å². The van der Waals surface area contributed by atoms with Crippen molar-refractivity contribution >= 4 is 15.9 Å². The van der Waals surface area contributed by atoms with Crippen molar-refractivity contribution in [3.63, 3.8) is 0 Å². The Morgan fingerprint density at radius 3 is 2.88 bits per heavy atom. The molecule has 1 fully saturated rings. The molecule has 1 aliphatic heterocycles. The van der Waals surface area contributed by atoms with Crippen LogP contribution in [-0.4, -0.2) is 33.0 Å². The van der Waals surface area contributed by atoms with Crippen molar-refractivity contribution in [1.82, 2.24) is 10.0 Å². The molecule has 3 rings (SSSR count). The van der Waals surface area contributed by atoms with E-state index in [4.69, 9.17) is 5.73 Å². The third-order valence-corrected chi connectivity index (χ3v) is 7.02. The Morgan fingerprint density at radius 1 is 1.38 bits per heavy atom. The van der Waals surface area contributed by atoms with Gasteiger partial charge in [0, 0.05) is 24.2 Å². The van der Waals surface area contributed by atoms with Crippen LogP contribution >= 0.6 is 0 Å². The molecule has 1 aromatic rings. The third kappa shape index (κ3) is 3.08. The molecule has 1 amide bonds. The first-order valence-corrected chi connectivity index (χ1v) is 10.0. The lowest BCUT2D eigenvalue weighted by atomic mass is 9.74. The van der Waals surface area contributed by atoms with E-state index in [9.17, 15) is 13.2 Å². The first-order chi connectivity index (χ1) is 11.4. The standard InChI is InChI=1S/C17H25N3O3S/c1-12-4-2-3-8-17(12,11-18)20-24(22,23)14-6-5-13-7-9-19-16(21)15(13)10-14/h5-6,10,12,20H,2-4,7-9,11,18H2,1H3,(H,19,21). The van der Waals surface area contributed by atoms with Gasteiger partial charge in [0.1, 0.15) is 0 Å². The fourth-order valence-corrected chi connectivity index (χ4v) is 5.35. The SMILES string of the molecule is CC1CCCCC1(CN)NS(=O)(=O)c1ccc2c(c1)C(=O)NCC2. The molecule has 0 aromatic heterocycles. The molecular formula is C17H25N3O3S. The molecule has 7 heteroatoms. The lowest BCUT2D eigenvalue weighted by molar-refractivity contribution is 0.0945. The number of nitrogens with two attached hydrogens (primary N) is 1. The van der Waals surface area contributed by atoms with E-state index >= 15 is 0 Å². The van der Waals surface area contributed by atoms with E-state index in [1.807, 2.05) is 0 Å². The molecule has 1 saturated carbocycles. The van der Waals surface area contributed by atoms with Crippen LogP contribution in [0.3, 0.4) is 0 Å². The second-order valence-electron chi connectivity index (χ2n) is 6.94. The van der Waals surface area contributed by atoms with Crippen molar-refractivity contribution < 1.29 is 13.2 Å². The topological polar surface area (TPSA) is 101 Å². The Kier molecular flexibility index (Phi) is 4.68. The summed E-state index contributed by atoms with van der Waals surface area (Å²) >= 11 is 0. The molecule has 4 N–H and O–H groups in total. The number of benzene rings is 1. The maximum Gasteiger partial charge on any atom is 0.251 e. The van der Waals surface area contributed by atoms with Gasteiger partial charge in [-0.2, -0.15) is 0 Å². The summed E-state index contributed by atoms with van der Waals surface area (Å²) in [5, 5.41) is 2.75. The first kappa shape index (κ1) is 17.4. The third-order valence-electron chi connectivity index (χ3n) is 5.47. The molecule has 2 atom stereocenters. The molecule has 24 heavy (non-hydrogen) atoms. The second-order valence-corrected chi connectivity index (χ2v) is 8.62. The van der Waals surface area contributed by atoms with Gasteiger partial charge in [0.05, 0.1) is 4.90 Å². The van der Waals surface area contributed by atoms with Crippen LogP contribution in [-0.2, 0) is 16.4 Å². The Morgan fingerprint density at radius 2 is 2.17 bits per heavy atom. The quantitative estimate of drug-likeness (QED) is 0.757. The zero-order valence-corrected chi connectivity index (χ0v) is 14.8. The molecule has 0 radical (unpaired) electrons. The zero-order chi connectivity index (χ0) is 17.4. The maximum absolute atomic E-state index is 12.9. The summed E-state index contributed by atoms with van der Waals surface area (Å²) in [5.74, 6) is -0.0279. The monoisotopic (exact) mass is 351 g/mol. The molecule has 6 nitrogen and oxygen atoms in total. The van der Waals surface area contributed by atoms with Crippen molar-refractivity contribution in [1.29, 1.82) is 0 Å². The van der Waals surface area contributed by atoms with E-state index in [1.165, 1.54) is 6.07 Å². The van der Waals surface area contributed by atoms with Gasteiger partial charge in [0.15, 0.2) is 0 Å². The normalized spacial score (nSPS) is 27.4.